The lowest BCUT2D eigenvalue weighted by Crippen LogP contribution is -2.41. The molecule has 1 saturated carbocycles. The maximum atomic E-state index is 9.81. The number of rotatable bonds is 3. The fourth-order valence-electron chi connectivity index (χ4n) is 2.16. The molecule has 15 heavy (non-hydrogen) atoms. The zero-order chi connectivity index (χ0) is 10.7. The predicted octanol–water partition coefficient (Wildman–Crippen LogP) is 2.45. The van der Waals surface area contributed by atoms with Gasteiger partial charge in [-0.05, 0) is 41.7 Å². The number of hydrogen-bond acceptors (Lipinski definition) is 3. The Balaban J connectivity index is 1.84. The highest BCUT2D eigenvalue weighted by Gasteiger charge is 2.22. The van der Waals surface area contributed by atoms with E-state index in [1.165, 1.54) is 24.0 Å². The molecule has 1 aromatic rings. The molecule has 0 spiro atoms. The van der Waals surface area contributed by atoms with Crippen LogP contribution in [0.25, 0.3) is 0 Å². The molecule has 1 heterocycles. The number of thiophene rings is 1. The number of aliphatic hydroxyl groups is 1. The van der Waals surface area contributed by atoms with Crippen molar-refractivity contribution in [3.05, 3.63) is 21.9 Å². The van der Waals surface area contributed by atoms with E-state index < -0.39 is 0 Å². The minimum atomic E-state index is -0.141. The topological polar surface area (TPSA) is 32.3 Å². The Morgan fingerprint density at radius 1 is 1.40 bits per heavy atom. The van der Waals surface area contributed by atoms with Gasteiger partial charge in [0.1, 0.15) is 0 Å². The maximum absolute atomic E-state index is 9.81. The summed E-state index contributed by atoms with van der Waals surface area (Å²) in [5.41, 5.74) is 2.73. The van der Waals surface area contributed by atoms with E-state index in [-0.39, 0.29) is 6.10 Å². The Morgan fingerprint density at radius 2 is 2.20 bits per heavy atom. The van der Waals surface area contributed by atoms with Gasteiger partial charge >= 0.3 is 0 Å². The summed E-state index contributed by atoms with van der Waals surface area (Å²) in [6.07, 6.45) is 4.36. The lowest BCUT2D eigenvalue weighted by atomic mass is 9.92. The SMILES string of the molecule is Cc1cscc1CNC1CCCCC1O. The second-order valence-electron chi connectivity index (χ2n) is 4.42. The first-order valence-corrected chi connectivity index (χ1v) is 6.65. The van der Waals surface area contributed by atoms with Gasteiger partial charge in [0.05, 0.1) is 6.10 Å². The van der Waals surface area contributed by atoms with Gasteiger partial charge in [-0.3, -0.25) is 0 Å². The summed E-state index contributed by atoms with van der Waals surface area (Å²) in [4.78, 5) is 0. The van der Waals surface area contributed by atoms with Crippen LogP contribution in [0.1, 0.15) is 36.8 Å². The van der Waals surface area contributed by atoms with E-state index in [2.05, 4.69) is 23.0 Å². The highest BCUT2D eigenvalue weighted by molar-refractivity contribution is 7.08. The van der Waals surface area contributed by atoms with Crippen LogP contribution < -0.4 is 5.32 Å². The summed E-state index contributed by atoms with van der Waals surface area (Å²) in [5, 5.41) is 17.6. The maximum Gasteiger partial charge on any atom is 0.0693 e. The third-order valence-electron chi connectivity index (χ3n) is 3.25. The van der Waals surface area contributed by atoms with E-state index in [1.807, 2.05) is 0 Å². The molecule has 2 nitrogen and oxygen atoms in total. The molecule has 2 N–H and O–H groups in total. The van der Waals surface area contributed by atoms with Crippen molar-refractivity contribution in [2.75, 3.05) is 0 Å². The summed E-state index contributed by atoms with van der Waals surface area (Å²) in [6.45, 7) is 3.04. The van der Waals surface area contributed by atoms with Crippen molar-refractivity contribution in [3.63, 3.8) is 0 Å². The third kappa shape index (κ3) is 2.80. The molecule has 1 aliphatic rings. The second-order valence-corrected chi connectivity index (χ2v) is 5.16. The van der Waals surface area contributed by atoms with Gasteiger partial charge in [-0.15, -0.1) is 0 Å². The first kappa shape index (κ1) is 11.1. The first-order chi connectivity index (χ1) is 7.27. The van der Waals surface area contributed by atoms with Crippen molar-refractivity contribution in [2.24, 2.45) is 0 Å². The van der Waals surface area contributed by atoms with E-state index in [9.17, 15) is 5.11 Å². The second kappa shape index (κ2) is 5.10. The van der Waals surface area contributed by atoms with Crippen LogP contribution in [0.15, 0.2) is 10.8 Å². The Labute approximate surface area is 95.3 Å². The molecule has 0 bridgehead atoms. The zero-order valence-electron chi connectivity index (χ0n) is 9.20. The number of aryl methyl sites for hydroxylation is 1. The van der Waals surface area contributed by atoms with Gasteiger partial charge < -0.3 is 10.4 Å². The predicted molar refractivity (Wildman–Crippen MR) is 64.2 cm³/mol. The molecule has 0 radical (unpaired) electrons. The highest BCUT2D eigenvalue weighted by Crippen LogP contribution is 2.20. The lowest BCUT2D eigenvalue weighted by Gasteiger charge is -2.28. The molecule has 2 unspecified atom stereocenters. The lowest BCUT2D eigenvalue weighted by molar-refractivity contribution is 0.0902. The van der Waals surface area contributed by atoms with Crippen molar-refractivity contribution in [1.82, 2.24) is 5.32 Å². The summed E-state index contributed by atoms with van der Waals surface area (Å²) < 4.78 is 0. The van der Waals surface area contributed by atoms with Crippen molar-refractivity contribution in [3.8, 4) is 0 Å². The van der Waals surface area contributed by atoms with Crippen molar-refractivity contribution in [1.29, 1.82) is 0 Å². The summed E-state index contributed by atoms with van der Waals surface area (Å²) in [5.74, 6) is 0. The molecule has 0 aromatic carbocycles. The van der Waals surface area contributed by atoms with E-state index in [0.29, 0.717) is 6.04 Å². The minimum absolute atomic E-state index is 0.141. The van der Waals surface area contributed by atoms with Gasteiger partial charge in [0.15, 0.2) is 0 Å². The fourth-order valence-corrected chi connectivity index (χ4v) is 3.02. The quantitative estimate of drug-likeness (QED) is 0.828. The molecule has 0 saturated heterocycles. The van der Waals surface area contributed by atoms with Crippen LogP contribution in [0.2, 0.25) is 0 Å². The molecule has 1 aromatic heterocycles. The Hall–Kier alpha value is -0.380. The van der Waals surface area contributed by atoms with Gasteiger partial charge in [0.2, 0.25) is 0 Å². The van der Waals surface area contributed by atoms with Gasteiger partial charge in [-0.2, -0.15) is 11.3 Å². The smallest absolute Gasteiger partial charge is 0.0693 e. The summed E-state index contributed by atoms with van der Waals surface area (Å²) in [6, 6.07) is 0.304. The van der Waals surface area contributed by atoms with Crippen LogP contribution in [0.3, 0.4) is 0 Å². The number of hydrogen-bond donors (Lipinski definition) is 2. The number of aliphatic hydroxyl groups excluding tert-OH is 1. The van der Waals surface area contributed by atoms with E-state index in [0.717, 1.165) is 19.4 Å². The average molecular weight is 225 g/mol. The Bertz CT molecular complexity index is 310. The Kier molecular flexibility index (Phi) is 3.78. The molecular weight excluding hydrogens is 206 g/mol. The molecule has 2 rings (SSSR count). The molecule has 1 fully saturated rings. The summed E-state index contributed by atoms with van der Waals surface area (Å²) >= 11 is 1.75. The van der Waals surface area contributed by atoms with Gasteiger partial charge in [0, 0.05) is 12.6 Å². The summed E-state index contributed by atoms with van der Waals surface area (Å²) in [7, 11) is 0. The zero-order valence-corrected chi connectivity index (χ0v) is 10.0. The molecule has 0 amide bonds. The monoisotopic (exact) mass is 225 g/mol. The van der Waals surface area contributed by atoms with Crippen LogP contribution in [0.4, 0.5) is 0 Å². The first-order valence-electron chi connectivity index (χ1n) is 5.70. The van der Waals surface area contributed by atoms with Gasteiger partial charge in [-0.1, -0.05) is 12.8 Å². The van der Waals surface area contributed by atoms with Gasteiger partial charge in [-0.25, -0.2) is 0 Å². The fraction of sp³-hybridized carbons (Fsp3) is 0.667. The van der Waals surface area contributed by atoms with Crippen LogP contribution in [-0.4, -0.2) is 17.3 Å². The van der Waals surface area contributed by atoms with Crippen LogP contribution in [-0.2, 0) is 6.54 Å². The minimum Gasteiger partial charge on any atom is -0.392 e. The molecular formula is C12H19NOS. The average Bonchev–Trinajstić information content (AvgIpc) is 2.63. The normalized spacial score (nSPS) is 26.8. The van der Waals surface area contributed by atoms with Crippen molar-refractivity contribution in [2.45, 2.75) is 51.3 Å². The van der Waals surface area contributed by atoms with E-state index >= 15 is 0 Å². The molecule has 3 heteroatoms. The standard InChI is InChI=1S/C12H19NOS/c1-9-7-15-8-10(9)6-13-11-4-2-3-5-12(11)14/h7-8,11-14H,2-6H2,1H3. The molecule has 2 atom stereocenters. The van der Waals surface area contributed by atoms with Crippen LogP contribution in [0, 0.1) is 6.92 Å². The number of nitrogens with one attached hydrogen (secondary N) is 1. The largest absolute Gasteiger partial charge is 0.392 e. The van der Waals surface area contributed by atoms with Gasteiger partial charge in [0.25, 0.3) is 0 Å². The van der Waals surface area contributed by atoms with E-state index in [1.54, 1.807) is 11.3 Å². The van der Waals surface area contributed by atoms with Crippen molar-refractivity contribution < 1.29 is 5.11 Å². The highest BCUT2D eigenvalue weighted by atomic mass is 32.1. The molecule has 0 aliphatic heterocycles. The van der Waals surface area contributed by atoms with Crippen LogP contribution >= 0.6 is 11.3 Å². The van der Waals surface area contributed by atoms with Crippen LogP contribution in [0.5, 0.6) is 0 Å². The molecule has 84 valence electrons. The van der Waals surface area contributed by atoms with E-state index in [4.69, 9.17) is 0 Å². The molecule has 1 aliphatic carbocycles. The van der Waals surface area contributed by atoms with Crippen molar-refractivity contribution >= 4 is 11.3 Å². The Morgan fingerprint density at radius 3 is 2.87 bits per heavy atom. The third-order valence-corrected chi connectivity index (χ3v) is 4.16.